The van der Waals surface area contributed by atoms with E-state index in [0.717, 1.165) is 25.9 Å². The second-order valence-electron chi connectivity index (χ2n) is 10.8. The van der Waals surface area contributed by atoms with Gasteiger partial charge in [0.05, 0.1) is 11.4 Å². The number of anilines is 2. The van der Waals surface area contributed by atoms with Gasteiger partial charge in [-0.15, -0.1) is 0 Å². The van der Waals surface area contributed by atoms with E-state index in [0.29, 0.717) is 0 Å². The Morgan fingerprint density at radius 3 is 1.49 bits per heavy atom. The van der Waals surface area contributed by atoms with Crippen molar-refractivity contribution in [2.24, 2.45) is 0 Å². The highest BCUT2D eigenvalue weighted by Gasteiger charge is 2.22. The molecule has 0 fully saturated rings. The third-order valence-electron chi connectivity index (χ3n) is 7.37. The Balaban J connectivity index is 0.000000403. The number of aromatic nitrogens is 2. The lowest BCUT2D eigenvalue weighted by Gasteiger charge is -2.30. The van der Waals surface area contributed by atoms with Gasteiger partial charge < -0.3 is 39.4 Å². The van der Waals surface area contributed by atoms with E-state index in [-0.39, 0.29) is 0 Å². The van der Waals surface area contributed by atoms with Crippen molar-refractivity contribution in [3.8, 4) is 11.1 Å². The number of hydrogen-bond donors (Lipinski definition) is 0. The standard InChI is InChI=1S/C31H33N3S.2BF4/c1-32-28-10-8-25-7-3-5-17-34-20-14-27(15-21-34)26-12-18-33(19-13-26)16-4-2-6-24-9-11-30(29(32)22-24)35-31(28)23-25;2*2-1(3,4)5/h8-15,18-23H,2-7,16-17H2,1H3;;/q+2;2*-1. The smallest absolute Gasteiger partial charge is 0.418 e. The van der Waals surface area contributed by atoms with E-state index >= 15 is 0 Å². The first-order valence-corrected chi connectivity index (χ1v) is 15.5. The van der Waals surface area contributed by atoms with Crippen LogP contribution in [0.3, 0.4) is 0 Å². The van der Waals surface area contributed by atoms with Gasteiger partial charge in [0.2, 0.25) is 0 Å². The second-order valence-corrected chi connectivity index (χ2v) is 11.9. The van der Waals surface area contributed by atoms with Gasteiger partial charge in [-0.05, 0) is 72.2 Å². The monoisotopic (exact) mass is 653 g/mol. The number of nitrogens with zero attached hydrogens (tertiary/aromatic N) is 3. The van der Waals surface area contributed by atoms with Crippen molar-refractivity contribution in [3.63, 3.8) is 0 Å². The average Bonchev–Trinajstić information content (AvgIpc) is 2.96. The summed E-state index contributed by atoms with van der Waals surface area (Å²) in [5.41, 5.74) is 8.12. The Labute approximate surface area is 262 Å². The summed E-state index contributed by atoms with van der Waals surface area (Å²) in [7, 11) is -9.78. The van der Waals surface area contributed by atoms with E-state index < -0.39 is 14.5 Å². The highest BCUT2D eigenvalue weighted by Crippen LogP contribution is 2.48. The van der Waals surface area contributed by atoms with E-state index in [9.17, 15) is 34.5 Å². The summed E-state index contributed by atoms with van der Waals surface area (Å²) in [6.45, 7) is 2.12. The Hall–Kier alpha value is -3.54. The first-order valence-electron chi connectivity index (χ1n) is 14.6. The molecule has 10 bridgehead atoms. The van der Waals surface area contributed by atoms with Gasteiger partial charge in [0.25, 0.3) is 0 Å². The average molecular weight is 653 g/mol. The van der Waals surface area contributed by atoms with Gasteiger partial charge in [-0.1, -0.05) is 23.9 Å². The molecule has 0 aliphatic carbocycles. The maximum Gasteiger partial charge on any atom is 0.673 e. The molecule has 14 heteroatoms. The van der Waals surface area contributed by atoms with Crippen molar-refractivity contribution >= 4 is 37.6 Å². The Morgan fingerprint density at radius 1 is 0.556 bits per heavy atom. The largest absolute Gasteiger partial charge is 0.673 e. The van der Waals surface area contributed by atoms with Gasteiger partial charge in [0, 0.05) is 53.9 Å². The summed E-state index contributed by atoms with van der Waals surface area (Å²) < 4.78 is 82.6. The van der Waals surface area contributed by atoms with E-state index in [1.165, 1.54) is 69.1 Å². The number of aryl methyl sites for hydroxylation is 4. The van der Waals surface area contributed by atoms with Crippen LogP contribution in [-0.4, -0.2) is 21.6 Å². The second kappa shape index (κ2) is 15.2. The molecule has 2 aromatic heterocycles. The fourth-order valence-electron chi connectivity index (χ4n) is 5.23. The van der Waals surface area contributed by atoms with Gasteiger partial charge in [-0.25, -0.2) is 9.13 Å². The quantitative estimate of drug-likeness (QED) is 0.107. The van der Waals surface area contributed by atoms with Crippen LogP contribution in [0.25, 0.3) is 11.1 Å². The molecule has 240 valence electrons. The van der Waals surface area contributed by atoms with Gasteiger partial charge in [-0.3, -0.25) is 0 Å². The zero-order chi connectivity index (χ0) is 32.6. The van der Waals surface area contributed by atoms with Gasteiger partial charge in [0.15, 0.2) is 24.8 Å². The predicted molar refractivity (Wildman–Crippen MR) is 164 cm³/mol. The molecule has 2 aromatic carbocycles. The molecule has 0 spiro atoms. The molecule has 3 nitrogen and oxygen atoms in total. The summed E-state index contributed by atoms with van der Waals surface area (Å²) >= 11 is 1.93. The van der Waals surface area contributed by atoms with Crippen molar-refractivity contribution < 1.29 is 43.7 Å². The Morgan fingerprint density at radius 2 is 1.00 bits per heavy atom. The number of benzene rings is 2. The number of rotatable bonds is 0. The zero-order valence-corrected chi connectivity index (χ0v) is 25.5. The maximum atomic E-state index is 9.75. The number of pyridine rings is 2. The molecule has 0 radical (unpaired) electrons. The normalized spacial score (nSPS) is 14.8. The summed E-state index contributed by atoms with van der Waals surface area (Å²) in [6.07, 6.45) is 15.9. The lowest BCUT2D eigenvalue weighted by Crippen LogP contribution is -2.33. The van der Waals surface area contributed by atoms with Crippen LogP contribution in [0.4, 0.5) is 45.9 Å². The van der Waals surface area contributed by atoms with Crippen LogP contribution < -0.4 is 14.0 Å². The van der Waals surface area contributed by atoms with Crippen LogP contribution in [0.2, 0.25) is 0 Å². The highest BCUT2D eigenvalue weighted by atomic mass is 32.2. The molecule has 45 heavy (non-hydrogen) atoms. The van der Waals surface area contributed by atoms with E-state index in [1.54, 1.807) is 0 Å². The molecule has 9 aliphatic rings. The van der Waals surface area contributed by atoms with Gasteiger partial charge >= 0.3 is 14.5 Å². The summed E-state index contributed by atoms with van der Waals surface area (Å²) in [5.74, 6) is 0. The van der Waals surface area contributed by atoms with Crippen molar-refractivity contribution in [2.75, 3.05) is 11.9 Å². The van der Waals surface area contributed by atoms with E-state index in [4.69, 9.17) is 0 Å². The predicted octanol–water partition coefficient (Wildman–Crippen LogP) is 9.12. The maximum absolute atomic E-state index is 9.75. The van der Waals surface area contributed by atoms with Crippen molar-refractivity contribution in [2.45, 2.75) is 61.4 Å². The van der Waals surface area contributed by atoms with Crippen molar-refractivity contribution in [3.05, 3.63) is 96.6 Å². The van der Waals surface area contributed by atoms with E-state index in [1.807, 2.05) is 11.8 Å². The first kappa shape index (κ1) is 34.3. The van der Waals surface area contributed by atoms with Crippen LogP contribution in [-0.2, 0) is 25.9 Å². The van der Waals surface area contributed by atoms with Crippen LogP contribution in [0.5, 0.6) is 0 Å². The van der Waals surface area contributed by atoms with Gasteiger partial charge in [-0.2, -0.15) is 0 Å². The minimum Gasteiger partial charge on any atom is -0.418 e. The van der Waals surface area contributed by atoms with E-state index in [2.05, 4.69) is 107 Å². The Kier molecular flexibility index (Phi) is 11.6. The molecule has 11 heterocycles. The van der Waals surface area contributed by atoms with Gasteiger partial charge in [0.1, 0.15) is 13.1 Å². The lowest BCUT2D eigenvalue weighted by molar-refractivity contribution is -0.697. The molecule has 0 atom stereocenters. The molecular weight excluding hydrogens is 620 g/mol. The Bertz CT molecular complexity index is 1520. The van der Waals surface area contributed by atoms with Crippen LogP contribution in [0.15, 0.2) is 95.2 Å². The fraction of sp³-hybridized carbons (Fsp3) is 0.290. The molecule has 0 saturated carbocycles. The molecule has 0 amide bonds. The minimum absolute atomic E-state index is 1.06. The zero-order valence-electron chi connectivity index (χ0n) is 24.7. The number of hydrogen-bond acceptors (Lipinski definition) is 2. The third kappa shape index (κ3) is 11.4. The lowest BCUT2D eigenvalue weighted by atomic mass is 10.0. The molecule has 13 rings (SSSR count). The molecule has 4 aromatic rings. The third-order valence-corrected chi connectivity index (χ3v) is 8.48. The molecule has 0 saturated heterocycles. The fourth-order valence-corrected chi connectivity index (χ4v) is 6.43. The van der Waals surface area contributed by atoms with Crippen LogP contribution in [0, 0.1) is 0 Å². The molecule has 0 unspecified atom stereocenters. The SMILES string of the molecule is CN1c2ccc3cc2Sc2ccc(cc21)CCCC[n+]1ccc(cc1)-c1cc[n+](cc1)CCCC3.F[B-](F)(F)F.F[B-](F)(F)F. The summed E-state index contributed by atoms with van der Waals surface area (Å²) in [5, 5.41) is 0. The van der Waals surface area contributed by atoms with Crippen LogP contribution in [0.1, 0.15) is 36.8 Å². The summed E-state index contributed by atoms with van der Waals surface area (Å²) in [6, 6.07) is 23.1. The molecule has 0 N–H and O–H groups in total. The van der Waals surface area contributed by atoms with Crippen molar-refractivity contribution in [1.29, 1.82) is 0 Å². The number of halogens is 8. The summed E-state index contributed by atoms with van der Waals surface area (Å²) in [4.78, 5) is 5.13. The highest BCUT2D eigenvalue weighted by molar-refractivity contribution is 7.99. The molecule has 9 aliphatic heterocycles. The minimum atomic E-state index is -6.00. The topological polar surface area (TPSA) is 11.0 Å². The first-order chi connectivity index (χ1) is 21.2. The van der Waals surface area contributed by atoms with Crippen molar-refractivity contribution in [1.82, 2.24) is 0 Å². The molecular formula is C31H33B2F8N3S. The van der Waals surface area contributed by atoms with Crippen LogP contribution >= 0.6 is 11.8 Å².